The van der Waals surface area contributed by atoms with Gasteiger partial charge in [0.15, 0.2) is 5.96 Å². The summed E-state index contributed by atoms with van der Waals surface area (Å²) in [6.45, 7) is 6.87. The third-order valence-electron chi connectivity index (χ3n) is 5.76. The van der Waals surface area contributed by atoms with E-state index in [-0.39, 0.29) is 0 Å². The van der Waals surface area contributed by atoms with Crippen molar-refractivity contribution in [2.24, 2.45) is 12.0 Å². The number of aromatic nitrogens is 4. The minimum Gasteiger partial charge on any atom is -0.352 e. The van der Waals surface area contributed by atoms with Crippen LogP contribution >= 0.6 is 0 Å². The molecule has 0 saturated carbocycles. The van der Waals surface area contributed by atoms with Crippen molar-refractivity contribution < 1.29 is 0 Å². The Morgan fingerprint density at radius 3 is 2.72 bits per heavy atom. The minimum absolute atomic E-state index is 0.506. The van der Waals surface area contributed by atoms with Gasteiger partial charge in [-0.25, -0.2) is 4.68 Å². The molecule has 1 atom stereocenters. The number of aryl methyl sites for hydroxylation is 2. The van der Waals surface area contributed by atoms with Crippen LogP contribution in [0.4, 0.5) is 0 Å². The van der Waals surface area contributed by atoms with E-state index in [9.17, 15) is 0 Å². The number of nitrogens with one attached hydrogen (secondary N) is 1. The van der Waals surface area contributed by atoms with Crippen LogP contribution in [-0.2, 0) is 13.6 Å². The summed E-state index contributed by atoms with van der Waals surface area (Å²) in [4.78, 5) is 6.86. The van der Waals surface area contributed by atoms with Gasteiger partial charge in [-0.15, -0.1) is 0 Å². The van der Waals surface area contributed by atoms with E-state index >= 15 is 0 Å². The predicted molar refractivity (Wildman–Crippen MR) is 115 cm³/mol. The molecule has 4 rings (SSSR count). The second kappa shape index (κ2) is 8.11. The largest absolute Gasteiger partial charge is 0.352 e. The molecule has 7 nitrogen and oxygen atoms in total. The lowest BCUT2D eigenvalue weighted by Gasteiger charge is -2.21. The van der Waals surface area contributed by atoms with Gasteiger partial charge in [0, 0.05) is 57.1 Å². The summed E-state index contributed by atoms with van der Waals surface area (Å²) in [6, 6.07) is 10.3. The molecule has 0 bridgehead atoms. The highest BCUT2D eigenvalue weighted by molar-refractivity contribution is 5.80. The average Bonchev–Trinajstić information content (AvgIpc) is 3.44. The van der Waals surface area contributed by atoms with Gasteiger partial charge in [0.2, 0.25) is 0 Å². The minimum atomic E-state index is 0.506. The summed E-state index contributed by atoms with van der Waals surface area (Å²) >= 11 is 0. The number of benzene rings is 1. The van der Waals surface area contributed by atoms with Crippen LogP contribution in [0.25, 0.3) is 5.69 Å². The van der Waals surface area contributed by atoms with E-state index in [1.54, 1.807) is 0 Å². The molecule has 3 heterocycles. The van der Waals surface area contributed by atoms with E-state index in [1.807, 2.05) is 47.9 Å². The van der Waals surface area contributed by atoms with Gasteiger partial charge in [-0.3, -0.25) is 9.67 Å². The van der Waals surface area contributed by atoms with Gasteiger partial charge in [0.05, 0.1) is 17.6 Å². The quantitative estimate of drug-likeness (QED) is 0.549. The summed E-state index contributed by atoms with van der Waals surface area (Å²) in [7, 11) is 3.82. The number of hydrogen-bond acceptors (Lipinski definition) is 3. The Labute approximate surface area is 172 Å². The Morgan fingerprint density at radius 1 is 1.24 bits per heavy atom. The second-order valence-corrected chi connectivity index (χ2v) is 7.68. The molecule has 29 heavy (non-hydrogen) atoms. The van der Waals surface area contributed by atoms with Gasteiger partial charge in [-0.2, -0.15) is 10.2 Å². The monoisotopic (exact) mass is 391 g/mol. The van der Waals surface area contributed by atoms with E-state index in [0.29, 0.717) is 12.5 Å². The average molecular weight is 392 g/mol. The molecule has 1 unspecified atom stereocenters. The van der Waals surface area contributed by atoms with E-state index < -0.39 is 0 Å². The lowest BCUT2D eigenvalue weighted by molar-refractivity contribution is 0.485. The number of nitrogens with zero attached hydrogens (tertiary/aromatic N) is 6. The molecule has 1 saturated heterocycles. The molecule has 0 amide bonds. The molecule has 1 aliphatic heterocycles. The maximum Gasteiger partial charge on any atom is 0.193 e. The lowest BCUT2D eigenvalue weighted by Crippen LogP contribution is -2.39. The van der Waals surface area contributed by atoms with Crippen molar-refractivity contribution in [1.82, 2.24) is 29.8 Å². The van der Waals surface area contributed by atoms with E-state index in [0.717, 1.165) is 42.5 Å². The van der Waals surface area contributed by atoms with Gasteiger partial charge >= 0.3 is 0 Å². The van der Waals surface area contributed by atoms with Gasteiger partial charge in [-0.1, -0.05) is 18.2 Å². The van der Waals surface area contributed by atoms with Crippen molar-refractivity contribution >= 4 is 5.96 Å². The zero-order valence-electron chi connectivity index (χ0n) is 17.6. The zero-order chi connectivity index (χ0) is 20.4. The summed E-state index contributed by atoms with van der Waals surface area (Å²) in [5.41, 5.74) is 5.82. The number of aliphatic imine (C=N–C) groups is 1. The molecule has 1 aliphatic rings. The fourth-order valence-corrected chi connectivity index (χ4v) is 4.13. The van der Waals surface area contributed by atoms with E-state index in [1.165, 1.54) is 11.1 Å². The number of guanidine groups is 1. The highest BCUT2D eigenvalue weighted by atomic mass is 15.3. The molecule has 0 spiro atoms. The molecular formula is C22H29N7. The van der Waals surface area contributed by atoms with Gasteiger partial charge in [-0.05, 0) is 38.0 Å². The summed E-state index contributed by atoms with van der Waals surface area (Å²) in [5.74, 6) is 1.45. The normalized spacial score (nSPS) is 17.2. The highest BCUT2D eigenvalue weighted by Crippen LogP contribution is 2.27. The van der Waals surface area contributed by atoms with Crippen LogP contribution in [0.15, 0.2) is 47.7 Å². The summed E-state index contributed by atoms with van der Waals surface area (Å²) < 4.78 is 3.89. The Bertz CT molecular complexity index is 1000. The number of rotatable bonds is 4. The fraction of sp³-hybridized carbons (Fsp3) is 0.409. The molecule has 7 heteroatoms. The Kier molecular flexibility index (Phi) is 5.38. The fourth-order valence-electron chi connectivity index (χ4n) is 4.13. The molecule has 1 aromatic carbocycles. The van der Waals surface area contributed by atoms with Crippen LogP contribution in [0.3, 0.4) is 0 Å². The molecule has 1 N–H and O–H groups in total. The Morgan fingerprint density at radius 2 is 2.03 bits per heavy atom. The van der Waals surface area contributed by atoms with Crippen molar-refractivity contribution in [1.29, 1.82) is 0 Å². The van der Waals surface area contributed by atoms with Crippen molar-refractivity contribution in [3.05, 3.63) is 65.2 Å². The molecule has 2 aromatic heterocycles. The first-order valence-corrected chi connectivity index (χ1v) is 10.1. The summed E-state index contributed by atoms with van der Waals surface area (Å²) in [5, 5.41) is 12.6. The predicted octanol–water partition coefficient (Wildman–Crippen LogP) is 2.79. The zero-order valence-corrected chi connectivity index (χ0v) is 17.6. The van der Waals surface area contributed by atoms with Crippen LogP contribution in [0, 0.1) is 13.8 Å². The third kappa shape index (κ3) is 3.90. The molecular weight excluding hydrogens is 362 g/mol. The van der Waals surface area contributed by atoms with Gasteiger partial charge in [0.25, 0.3) is 0 Å². The van der Waals surface area contributed by atoms with E-state index in [2.05, 4.69) is 52.5 Å². The summed E-state index contributed by atoms with van der Waals surface area (Å²) in [6.07, 6.45) is 5.22. The topological polar surface area (TPSA) is 63.3 Å². The third-order valence-corrected chi connectivity index (χ3v) is 5.76. The smallest absolute Gasteiger partial charge is 0.193 e. The Balaban J connectivity index is 1.44. The number of para-hydroxylation sites is 1. The molecule has 152 valence electrons. The van der Waals surface area contributed by atoms with Crippen LogP contribution in [-0.4, -0.2) is 50.6 Å². The van der Waals surface area contributed by atoms with Gasteiger partial charge in [0.1, 0.15) is 0 Å². The molecule has 0 aliphatic carbocycles. The van der Waals surface area contributed by atoms with Crippen molar-refractivity contribution in [3.63, 3.8) is 0 Å². The lowest BCUT2D eigenvalue weighted by atomic mass is 10.0. The SMILES string of the molecule is CN=C(NCc1c(C)nn(-c2ccccc2)c1C)N1CCC(c2cnn(C)c2)C1. The maximum absolute atomic E-state index is 4.75. The first kappa shape index (κ1) is 19.2. The highest BCUT2D eigenvalue weighted by Gasteiger charge is 2.27. The van der Waals surface area contributed by atoms with Gasteiger partial charge < -0.3 is 10.2 Å². The van der Waals surface area contributed by atoms with Crippen LogP contribution in [0.5, 0.6) is 0 Å². The van der Waals surface area contributed by atoms with Crippen LogP contribution < -0.4 is 5.32 Å². The molecule has 3 aromatic rings. The first-order valence-electron chi connectivity index (χ1n) is 10.1. The van der Waals surface area contributed by atoms with Crippen LogP contribution in [0.1, 0.15) is 34.9 Å². The molecule has 1 fully saturated rings. The maximum atomic E-state index is 4.75. The number of likely N-dealkylation sites (tertiary alicyclic amines) is 1. The first-order chi connectivity index (χ1) is 14.1. The molecule has 0 radical (unpaired) electrons. The van der Waals surface area contributed by atoms with Crippen molar-refractivity contribution in [3.8, 4) is 5.69 Å². The van der Waals surface area contributed by atoms with Crippen LogP contribution in [0.2, 0.25) is 0 Å². The Hall–Kier alpha value is -3.09. The standard InChI is InChI=1S/C22H29N7/c1-16-21(17(2)29(26-16)20-8-6-5-7-9-20)13-24-22(23-3)28-11-10-18(15-28)19-12-25-27(4)14-19/h5-9,12,14,18H,10-11,13,15H2,1-4H3,(H,23,24). The van der Waals surface area contributed by atoms with Crippen molar-refractivity contribution in [2.75, 3.05) is 20.1 Å². The number of hydrogen-bond donors (Lipinski definition) is 1. The van der Waals surface area contributed by atoms with E-state index in [4.69, 9.17) is 5.10 Å². The second-order valence-electron chi connectivity index (χ2n) is 7.68. The van der Waals surface area contributed by atoms with Crippen molar-refractivity contribution in [2.45, 2.75) is 32.7 Å².